The number of aliphatic hydroxyl groups excluding tert-OH is 1. The van der Waals surface area contributed by atoms with E-state index in [1.54, 1.807) is 16.2 Å². The summed E-state index contributed by atoms with van der Waals surface area (Å²) in [6, 6.07) is 7.17. The average molecular weight is 386 g/mol. The number of piperidine rings is 1. The first-order valence-corrected chi connectivity index (χ1v) is 9.66. The zero-order chi connectivity index (χ0) is 19.1. The zero-order valence-electron chi connectivity index (χ0n) is 14.7. The predicted molar refractivity (Wildman–Crippen MR) is 103 cm³/mol. The average Bonchev–Trinajstić information content (AvgIpc) is 3.06. The molecule has 1 saturated heterocycles. The number of aliphatic hydroxyl groups is 1. The van der Waals surface area contributed by atoms with Crippen molar-refractivity contribution in [2.24, 2.45) is 0 Å². The molecule has 140 valence electrons. The van der Waals surface area contributed by atoms with Crippen LogP contribution < -0.4 is 5.56 Å². The van der Waals surface area contributed by atoms with Gasteiger partial charge in [0.2, 0.25) is 5.56 Å². The van der Waals surface area contributed by atoms with Crippen LogP contribution in [-0.4, -0.2) is 40.1 Å². The molecule has 0 aliphatic carbocycles. The molecule has 0 spiro atoms. The number of hydrogen-bond donors (Lipinski definition) is 2. The minimum atomic E-state index is -0.676. The number of aromatic amines is 1. The lowest BCUT2D eigenvalue weighted by molar-refractivity contribution is 0.0388. The highest BCUT2D eigenvalue weighted by molar-refractivity contribution is 7.10. The summed E-state index contributed by atoms with van der Waals surface area (Å²) in [5.41, 5.74) is 1.31. The van der Waals surface area contributed by atoms with E-state index >= 15 is 0 Å². The fraction of sp³-hybridized carbons (Fsp3) is 0.300. The summed E-state index contributed by atoms with van der Waals surface area (Å²) in [5.74, 6) is -0.838. The van der Waals surface area contributed by atoms with Crippen LogP contribution in [0, 0.1) is 12.7 Å². The lowest BCUT2D eigenvalue weighted by Crippen LogP contribution is -2.45. The number of aromatic nitrogens is 1. The van der Waals surface area contributed by atoms with Crippen molar-refractivity contribution in [1.82, 2.24) is 9.88 Å². The van der Waals surface area contributed by atoms with Gasteiger partial charge in [0.05, 0.1) is 11.7 Å². The highest BCUT2D eigenvalue weighted by atomic mass is 32.1. The third-order valence-corrected chi connectivity index (χ3v) is 6.29. The Morgan fingerprint density at radius 1 is 1.33 bits per heavy atom. The summed E-state index contributed by atoms with van der Waals surface area (Å²) in [7, 11) is 0. The first kappa shape index (κ1) is 17.9. The number of pyridine rings is 1. The van der Waals surface area contributed by atoms with Gasteiger partial charge in [-0.2, -0.15) is 0 Å². The van der Waals surface area contributed by atoms with E-state index in [-0.39, 0.29) is 23.9 Å². The van der Waals surface area contributed by atoms with Crippen LogP contribution in [0.2, 0.25) is 0 Å². The van der Waals surface area contributed by atoms with Crippen molar-refractivity contribution < 1.29 is 14.3 Å². The number of fused-ring (bicyclic) bond motifs is 1. The van der Waals surface area contributed by atoms with Crippen molar-refractivity contribution in [1.29, 1.82) is 0 Å². The van der Waals surface area contributed by atoms with Gasteiger partial charge >= 0.3 is 0 Å². The maximum absolute atomic E-state index is 13.7. The molecule has 7 heteroatoms. The van der Waals surface area contributed by atoms with E-state index < -0.39 is 17.5 Å². The summed E-state index contributed by atoms with van der Waals surface area (Å²) in [5, 5.41) is 13.0. The number of amides is 1. The molecule has 3 aromatic rings. The number of carbonyl (C=O) groups is 1. The molecule has 3 heterocycles. The monoisotopic (exact) mass is 386 g/mol. The second-order valence-electron chi connectivity index (χ2n) is 6.92. The molecule has 0 bridgehead atoms. The minimum absolute atomic E-state index is 0.00224. The molecule has 0 saturated carbocycles. The molecule has 0 unspecified atom stereocenters. The molecule has 4 rings (SSSR count). The summed E-state index contributed by atoms with van der Waals surface area (Å²) in [6.07, 6.45) is -0.0333. The van der Waals surface area contributed by atoms with Crippen molar-refractivity contribution in [3.05, 3.63) is 67.9 Å². The van der Waals surface area contributed by atoms with Gasteiger partial charge in [-0.15, -0.1) is 11.3 Å². The van der Waals surface area contributed by atoms with E-state index in [0.717, 1.165) is 10.4 Å². The lowest BCUT2D eigenvalue weighted by Gasteiger charge is -2.36. The standard InChI is InChI=1S/C20H19FN2O3S/c1-11-5-7-27-19(11)13-4-6-23(10-17(13)24)20(26)15-9-18(25)22-16-3-2-12(21)8-14(15)16/h2-3,5,7-9,13,17,24H,4,6,10H2,1H3,(H,22,25)/t13-,17-/m1/s1. The molecule has 1 fully saturated rings. The van der Waals surface area contributed by atoms with Gasteiger partial charge in [0, 0.05) is 40.9 Å². The summed E-state index contributed by atoms with van der Waals surface area (Å²) in [4.78, 5) is 30.3. The van der Waals surface area contributed by atoms with Crippen molar-refractivity contribution in [2.75, 3.05) is 13.1 Å². The second-order valence-corrected chi connectivity index (χ2v) is 7.87. The number of nitrogens with zero attached hydrogens (tertiary/aromatic N) is 1. The SMILES string of the molecule is Cc1ccsc1[C@@H]1CCN(C(=O)c2cc(=O)[nH]c3ccc(F)cc23)C[C@H]1O. The molecule has 2 atom stereocenters. The number of aryl methyl sites for hydroxylation is 1. The molecule has 2 aromatic heterocycles. The normalized spacial score (nSPS) is 20.2. The van der Waals surface area contributed by atoms with Crippen LogP contribution in [0.3, 0.4) is 0 Å². The van der Waals surface area contributed by atoms with Crippen LogP contribution in [0.1, 0.15) is 33.1 Å². The number of benzene rings is 1. The van der Waals surface area contributed by atoms with Gasteiger partial charge in [-0.25, -0.2) is 4.39 Å². The number of rotatable bonds is 2. The summed E-state index contributed by atoms with van der Waals surface area (Å²) >= 11 is 1.62. The second kappa shape index (κ2) is 6.90. The van der Waals surface area contributed by atoms with Crippen molar-refractivity contribution in [2.45, 2.75) is 25.4 Å². The Bertz CT molecular complexity index is 1070. The van der Waals surface area contributed by atoms with E-state index in [4.69, 9.17) is 0 Å². The van der Waals surface area contributed by atoms with Crippen LogP contribution in [0.4, 0.5) is 4.39 Å². The minimum Gasteiger partial charge on any atom is -0.391 e. The van der Waals surface area contributed by atoms with Gasteiger partial charge in [0.25, 0.3) is 5.91 Å². The van der Waals surface area contributed by atoms with Gasteiger partial charge in [0.15, 0.2) is 0 Å². The largest absolute Gasteiger partial charge is 0.391 e. The summed E-state index contributed by atoms with van der Waals surface area (Å²) < 4.78 is 13.7. The zero-order valence-corrected chi connectivity index (χ0v) is 15.6. The van der Waals surface area contributed by atoms with Crippen LogP contribution in [0.15, 0.2) is 40.5 Å². The molecule has 1 aromatic carbocycles. The van der Waals surface area contributed by atoms with Gasteiger partial charge in [-0.3, -0.25) is 9.59 Å². The number of nitrogens with one attached hydrogen (secondary N) is 1. The molecule has 27 heavy (non-hydrogen) atoms. The molecular weight excluding hydrogens is 367 g/mol. The fourth-order valence-corrected chi connectivity index (χ4v) is 4.88. The summed E-state index contributed by atoms with van der Waals surface area (Å²) in [6.45, 7) is 2.68. The first-order valence-electron chi connectivity index (χ1n) is 8.78. The number of thiophene rings is 1. The highest BCUT2D eigenvalue weighted by Crippen LogP contribution is 2.34. The Labute approximate surface area is 159 Å². The smallest absolute Gasteiger partial charge is 0.254 e. The molecule has 1 amide bonds. The van der Waals surface area contributed by atoms with Gasteiger partial charge in [-0.05, 0) is 48.6 Å². The Morgan fingerprint density at radius 2 is 2.15 bits per heavy atom. The number of carbonyl (C=O) groups excluding carboxylic acids is 1. The Morgan fingerprint density at radius 3 is 2.85 bits per heavy atom. The quantitative estimate of drug-likeness (QED) is 0.711. The lowest BCUT2D eigenvalue weighted by atomic mass is 9.90. The van der Waals surface area contributed by atoms with Gasteiger partial charge in [0.1, 0.15) is 5.82 Å². The van der Waals surface area contributed by atoms with Gasteiger partial charge < -0.3 is 15.0 Å². The van der Waals surface area contributed by atoms with Crippen LogP contribution in [0.5, 0.6) is 0 Å². The number of halogens is 1. The third kappa shape index (κ3) is 3.28. The molecule has 5 nitrogen and oxygen atoms in total. The fourth-order valence-electron chi connectivity index (χ4n) is 3.76. The predicted octanol–water partition coefficient (Wildman–Crippen LogP) is 3.03. The van der Waals surface area contributed by atoms with Crippen LogP contribution >= 0.6 is 11.3 Å². The van der Waals surface area contributed by atoms with Crippen molar-refractivity contribution in [3.63, 3.8) is 0 Å². The van der Waals surface area contributed by atoms with E-state index in [1.165, 1.54) is 24.3 Å². The van der Waals surface area contributed by atoms with Crippen molar-refractivity contribution in [3.8, 4) is 0 Å². The Kier molecular flexibility index (Phi) is 4.57. The molecule has 1 aliphatic heterocycles. The van der Waals surface area contributed by atoms with Crippen LogP contribution in [-0.2, 0) is 0 Å². The van der Waals surface area contributed by atoms with Crippen molar-refractivity contribution >= 4 is 28.1 Å². The third-order valence-electron chi connectivity index (χ3n) is 5.14. The number of H-pyrrole nitrogens is 1. The number of hydrogen-bond acceptors (Lipinski definition) is 4. The van der Waals surface area contributed by atoms with Gasteiger partial charge in [-0.1, -0.05) is 0 Å². The number of likely N-dealkylation sites (tertiary alicyclic amines) is 1. The molecule has 0 radical (unpaired) electrons. The number of β-amino-alcohol motifs (C(OH)–C–C–N with tert-alkyl or cyclic N) is 1. The van der Waals surface area contributed by atoms with E-state index in [2.05, 4.69) is 4.98 Å². The Balaban J connectivity index is 1.63. The highest BCUT2D eigenvalue weighted by Gasteiger charge is 2.33. The molecular formula is C20H19FN2O3S. The van der Waals surface area contributed by atoms with Crippen LogP contribution in [0.25, 0.3) is 10.9 Å². The van der Waals surface area contributed by atoms with E-state index in [9.17, 15) is 19.1 Å². The molecule has 2 N–H and O–H groups in total. The maximum atomic E-state index is 13.7. The first-order chi connectivity index (χ1) is 12.9. The van der Waals surface area contributed by atoms with E-state index in [1.807, 2.05) is 18.4 Å². The van der Waals surface area contributed by atoms with E-state index in [0.29, 0.717) is 23.9 Å². The molecule has 1 aliphatic rings. The Hall–Kier alpha value is -2.51. The topological polar surface area (TPSA) is 73.4 Å². The maximum Gasteiger partial charge on any atom is 0.254 e.